The van der Waals surface area contributed by atoms with Gasteiger partial charge in [-0.2, -0.15) is 0 Å². The molecule has 170 valence electrons. The maximum atomic E-state index is 13.4. The molecule has 2 aromatic carbocycles. The summed E-state index contributed by atoms with van der Waals surface area (Å²) in [5, 5.41) is 3.51. The minimum absolute atomic E-state index is 0.00640. The summed E-state index contributed by atoms with van der Waals surface area (Å²) in [6, 6.07) is 11.5. The first-order valence-electron chi connectivity index (χ1n) is 10.4. The van der Waals surface area contributed by atoms with E-state index in [1.807, 2.05) is 29.2 Å². The summed E-state index contributed by atoms with van der Waals surface area (Å²) >= 11 is 11.5. The average molecular weight is 481 g/mol. The summed E-state index contributed by atoms with van der Waals surface area (Å²) in [5.74, 6) is -0.414. The van der Waals surface area contributed by atoms with Crippen LogP contribution in [0.3, 0.4) is 0 Å². The van der Waals surface area contributed by atoms with Crippen LogP contribution < -0.4 is 10.1 Å². The third kappa shape index (κ3) is 5.52. The van der Waals surface area contributed by atoms with E-state index in [0.29, 0.717) is 36.9 Å². The van der Waals surface area contributed by atoms with Crippen molar-refractivity contribution in [2.75, 3.05) is 26.3 Å². The maximum absolute atomic E-state index is 13.4. The van der Waals surface area contributed by atoms with E-state index in [2.05, 4.69) is 5.32 Å². The largest absolute Gasteiger partial charge is 0.484 e. The normalized spacial score (nSPS) is 21.0. The molecule has 2 aliphatic rings. The monoisotopic (exact) mass is 480 g/mol. The lowest BCUT2D eigenvalue weighted by molar-refractivity contribution is -0.152. The number of likely N-dealkylation sites (tertiary alicyclic amines) is 1. The second kappa shape index (κ2) is 10.1. The second-order valence-electron chi connectivity index (χ2n) is 8.02. The van der Waals surface area contributed by atoms with Gasteiger partial charge in [0.1, 0.15) is 17.7 Å². The van der Waals surface area contributed by atoms with Crippen LogP contribution in [-0.4, -0.2) is 55.2 Å². The van der Waals surface area contributed by atoms with Crippen LogP contribution in [0.1, 0.15) is 24.3 Å². The van der Waals surface area contributed by atoms with Crippen LogP contribution in [0.15, 0.2) is 42.5 Å². The molecule has 2 aliphatic heterocycles. The zero-order valence-corrected chi connectivity index (χ0v) is 18.7. The Morgan fingerprint density at radius 1 is 1.12 bits per heavy atom. The SMILES string of the molecule is O=C(COc1ccc(Cl)c(F)c1)N[C@@H]1CC[C@@H](C(=O)N2CC(c3ccc(Cl)cc3)C2)OC1. The topological polar surface area (TPSA) is 67.9 Å². The molecule has 0 bridgehead atoms. The lowest BCUT2D eigenvalue weighted by Crippen LogP contribution is -2.54. The number of hydrogen-bond acceptors (Lipinski definition) is 4. The highest BCUT2D eigenvalue weighted by atomic mass is 35.5. The van der Waals surface area contributed by atoms with Gasteiger partial charge >= 0.3 is 0 Å². The molecule has 2 amide bonds. The maximum Gasteiger partial charge on any atom is 0.258 e. The van der Waals surface area contributed by atoms with Crippen molar-refractivity contribution in [3.63, 3.8) is 0 Å². The Balaban J connectivity index is 1.16. The lowest BCUT2D eigenvalue weighted by atomic mass is 9.90. The van der Waals surface area contributed by atoms with Gasteiger partial charge in [0.05, 0.1) is 17.7 Å². The van der Waals surface area contributed by atoms with Crippen LogP contribution in [0, 0.1) is 5.82 Å². The van der Waals surface area contributed by atoms with Crippen LogP contribution in [0.5, 0.6) is 5.75 Å². The molecule has 0 aromatic heterocycles. The van der Waals surface area contributed by atoms with Crippen LogP contribution >= 0.6 is 23.2 Å². The number of ether oxygens (including phenoxy) is 2. The molecular formula is C23H23Cl2FN2O4. The molecule has 0 spiro atoms. The Morgan fingerprint density at radius 3 is 2.53 bits per heavy atom. The van der Waals surface area contributed by atoms with E-state index < -0.39 is 11.9 Å². The predicted octanol–water partition coefficient (Wildman–Crippen LogP) is 3.80. The lowest BCUT2D eigenvalue weighted by Gasteiger charge is -2.42. The zero-order chi connectivity index (χ0) is 22.7. The molecule has 6 nitrogen and oxygen atoms in total. The van der Waals surface area contributed by atoms with Gasteiger partial charge in [0.25, 0.3) is 11.8 Å². The van der Waals surface area contributed by atoms with Crippen molar-refractivity contribution in [2.24, 2.45) is 0 Å². The zero-order valence-electron chi connectivity index (χ0n) is 17.2. The molecule has 2 atom stereocenters. The van der Waals surface area contributed by atoms with E-state index in [4.69, 9.17) is 32.7 Å². The molecule has 2 heterocycles. The molecule has 0 unspecified atom stereocenters. The molecule has 2 fully saturated rings. The van der Waals surface area contributed by atoms with Gasteiger partial charge in [-0.15, -0.1) is 0 Å². The summed E-state index contributed by atoms with van der Waals surface area (Å²) < 4.78 is 24.4. The fraction of sp³-hybridized carbons (Fsp3) is 0.391. The highest BCUT2D eigenvalue weighted by Crippen LogP contribution is 2.30. The molecule has 0 saturated carbocycles. The minimum atomic E-state index is -0.609. The van der Waals surface area contributed by atoms with E-state index in [9.17, 15) is 14.0 Å². The fourth-order valence-electron chi connectivity index (χ4n) is 3.85. The van der Waals surface area contributed by atoms with Crippen molar-refractivity contribution >= 4 is 35.0 Å². The van der Waals surface area contributed by atoms with Crippen LogP contribution in [0.4, 0.5) is 4.39 Å². The number of nitrogens with zero attached hydrogens (tertiary/aromatic N) is 1. The number of nitrogens with one attached hydrogen (secondary N) is 1. The molecule has 4 rings (SSSR count). The second-order valence-corrected chi connectivity index (χ2v) is 8.86. The Kier molecular flexibility index (Phi) is 7.18. The molecule has 0 radical (unpaired) electrons. The molecule has 2 saturated heterocycles. The number of benzene rings is 2. The Morgan fingerprint density at radius 2 is 1.88 bits per heavy atom. The van der Waals surface area contributed by atoms with Gasteiger partial charge in [-0.1, -0.05) is 35.3 Å². The van der Waals surface area contributed by atoms with Crippen molar-refractivity contribution in [3.05, 3.63) is 63.9 Å². The van der Waals surface area contributed by atoms with Crippen molar-refractivity contribution in [2.45, 2.75) is 30.9 Å². The van der Waals surface area contributed by atoms with Gasteiger partial charge in [0.2, 0.25) is 0 Å². The number of halogens is 3. The van der Waals surface area contributed by atoms with E-state index >= 15 is 0 Å². The summed E-state index contributed by atoms with van der Waals surface area (Å²) in [4.78, 5) is 26.6. The Bertz CT molecular complexity index is 974. The van der Waals surface area contributed by atoms with Crippen molar-refractivity contribution in [1.29, 1.82) is 0 Å². The molecule has 0 aliphatic carbocycles. The van der Waals surface area contributed by atoms with Gasteiger partial charge in [-0.05, 0) is 42.7 Å². The first-order chi connectivity index (χ1) is 15.4. The highest BCUT2D eigenvalue weighted by Gasteiger charge is 2.37. The van der Waals surface area contributed by atoms with Crippen molar-refractivity contribution < 1.29 is 23.5 Å². The average Bonchev–Trinajstić information content (AvgIpc) is 2.75. The highest BCUT2D eigenvalue weighted by molar-refractivity contribution is 6.30. The van der Waals surface area contributed by atoms with Gasteiger partial charge in [0, 0.05) is 30.1 Å². The molecule has 32 heavy (non-hydrogen) atoms. The van der Waals surface area contributed by atoms with Crippen LogP contribution in [-0.2, 0) is 14.3 Å². The predicted molar refractivity (Wildman–Crippen MR) is 119 cm³/mol. The van der Waals surface area contributed by atoms with E-state index in [1.54, 1.807) is 0 Å². The molecular weight excluding hydrogens is 458 g/mol. The van der Waals surface area contributed by atoms with Gasteiger partial charge < -0.3 is 19.7 Å². The molecule has 9 heteroatoms. The summed E-state index contributed by atoms with van der Waals surface area (Å²) in [5.41, 5.74) is 1.18. The number of amides is 2. The summed E-state index contributed by atoms with van der Waals surface area (Å²) in [6.45, 7) is 1.35. The third-order valence-electron chi connectivity index (χ3n) is 5.71. The van der Waals surface area contributed by atoms with Gasteiger partial charge in [-0.3, -0.25) is 9.59 Å². The standard InChI is InChI=1S/C23H23Cl2FN2O4/c24-16-3-1-14(2-4-16)15-10-28(11-15)23(30)21-8-5-17(12-32-21)27-22(29)13-31-18-6-7-19(25)20(26)9-18/h1-4,6-7,9,15,17,21H,5,8,10-13H2,(H,27,29)/t17-,21+/m1/s1. The first-order valence-corrected chi connectivity index (χ1v) is 11.2. The minimum Gasteiger partial charge on any atom is -0.484 e. The van der Waals surface area contributed by atoms with Crippen molar-refractivity contribution in [3.8, 4) is 5.75 Å². The first kappa shape index (κ1) is 22.8. The van der Waals surface area contributed by atoms with Crippen LogP contribution in [0.2, 0.25) is 10.0 Å². The fourth-order valence-corrected chi connectivity index (χ4v) is 4.10. The quantitative estimate of drug-likeness (QED) is 0.682. The van der Waals surface area contributed by atoms with E-state index in [0.717, 1.165) is 6.07 Å². The number of carbonyl (C=O) groups excluding carboxylic acids is 2. The number of hydrogen-bond donors (Lipinski definition) is 1. The van der Waals surface area contributed by atoms with Crippen molar-refractivity contribution in [1.82, 2.24) is 10.2 Å². The smallest absolute Gasteiger partial charge is 0.258 e. The van der Waals surface area contributed by atoms with Gasteiger partial charge in [0.15, 0.2) is 6.61 Å². The number of carbonyl (C=O) groups is 2. The summed E-state index contributed by atoms with van der Waals surface area (Å²) in [6.07, 6.45) is 0.684. The summed E-state index contributed by atoms with van der Waals surface area (Å²) in [7, 11) is 0. The van der Waals surface area contributed by atoms with E-state index in [1.165, 1.54) is 17.7 Å². The molecule has 1 N–H and O–H groups in total. The third-order valence-corrected chi connectivity index (χ3v) is 6.27. The Hall–Kier alpha value is -2.35. The van der Waals surface area contributed by atoms with Gasteiger partial charge in [-0.25, -0.2) is 4.39 Å². The van der Waals surface area contributed by atoms with Crippen LogP contribution in [0.25, 0.3) is 0 Å². The van der Waals surface area contributed by atoms with E-state index in [-0.39, 0.29) is 41.8 Å². The number of rotatable bonds is 6. The molecule has 2 aromatic rings. The Labute approximate surface area is 195 Å².